The zero-order valence-corrected chi connectivity index (χ0v) is 13.8. The van der Waals surface area contributed by atoms with Crippen LogP contribution < -0.4 is 5.32 Å². The number of amides is 2. The number of furan rings is 1. The Kier molecular flexibility index (Phi) is 6.21. The Morgan fingerprint density at radius 2 is 2.26 bits per heavy atom. The molecule has 0 spiro atoms. The van der Waals surface area contributed by atoms with Crippen molar-refractivity contribution < 1.29 is 19.1 Å². The Morgan fingerprint density at radius 3 is 2.91 bits per heavy atom. The molecule has 3 atom stereocenters. The fraction of sp³-hybridized carbons (Fsp3) is 0.647. The normalized spacial score (nSPS) is 20.8. The molecule has 6 nitrogen and oxygen atoms in total. The molecule has 2 heterocycles. The highest BCUT2D eigenvalue weighted by Gasteiger charge is 2.33. The monoisotopic (exact) mass is 322 g/mol. The molecule has 1 aromatic rings. The zero-order chi connectivity index (χ0) is 16.8. The van der Waals surface area contributed by atoms with Gasteiger partial charge in [0.1, 0.15) is 6.04 Å². The minimum atomic E-state index is -0.568. The number of hydrogen-bond acceptors (Lipinski definition) is 4. The lowest BCUT2D eigenvalue weighted by molar-refractivity contribution is -0.127. The van der Waals surface area contributed by atoms with E-state index in [4.69, 9.17) is 4.42 Å². The molecular weight excluding hydrogens is 296 g/mol. The minimum Gasteiger partial charge on any atom is -0.459 e. The van der Waals surface area contributed by atoms with Crippen molar-refractivity contribution in [1.29, 1.82) is 0 Å². The molecule has 0 bridgehead atoms. The summed E-state index contributed by atoms with van der Waals surface area (Å²) in [4.78, 5) is 26.5. The molecule has 2 N–H and O–H groups in total. The Hall–Kier alpha value is -1.82. The summed E-state index contributed by atoms with van der Waals surface area (Å²) in [5.41, 5.74) is 0. The summed E-state index contributed by atoms with van der Waals surface area (Å²) in [6.45, 7) is 4.71. The first-order valence-corrected chi connectivity index (χ1v) is 8.34. The van der Waals surface area contributed by atoms with E-state index in [1.807, 2.05) is 13.8 Å². The van der Waals surface area contributed by atoms with E-state index >= 15 is 0 Å². The molecule has 2 rings (SSSR count). The second-order valence-electron chi connectivity index (χ2n) is 6.19. The van der Waals surface area contributed by atoms with Gasteiger partial charge in [0.2, 0.25) is 5.91 Å². The van der Waals surface area contributed by atoms with E-state index in [1.54, 1.807) is 17.0 Å². The first-order chi connectivity index (χ1) is 11.0. The Morgan fingerprint density at radius 1 is 1.48 bits per heavy atom. The van der Waals surface area contributed by atoms with Gasteiger partial charge in [-0.15, -0.1) is 0 Å². The molecule has 0 aromatic carbocycles. The second kappa shape index (κ2) is 8.15. The van der Waals surface area contributed by atoms with Gasteiger partial charge in [0, 0.05) is 13.1 Å². The lowest BCUT2D eigenvalue weighted by Crippen LogP contribution is -2.53. The first-order valence-electron chi connectivity index (χ1n) is 8.34. The van der Waals surface area contributed by atoms with Crippen LogP contribution in [-0.4, -0.2) is 47.1 Å². The summed E-state index contributed by atoms with van der Waals surface area (Å²) in [5, 5.41) is 12.8. The summed E-state index contributed by atoms with van der Waals surface area (Å²) in [7, 11) is 0. The third-order valence-electron chi connectivity index (χ3n) is 4.58. The van der Waals surface area contributed by atoms with Gasteiger partial charge >= 0.3 is 0 Å². The average molecular weight is 322 g/mol. The maximum atomic E-state index is 12.5. The summed E-state index contributed by atoms with van der Waals surface area (Å²) in [6, 6.07) is 2.78. The van der Waals surface area contributed by atoms with E-state index in [-0.39, 0.29) is 30.0 Å². The molecule has 1 aliphatic heterocycles. The van der Waals surface area contributed by atoms with Crippen LogP contribution in [0.25, 0.3) is 0 Å². The van der Waals surface area contributed by atoms with Crippen LogP contribution in [0.4, 0.5) is 0 Å². The van der Waals surface area contributed by atoms with Crippen LogP contribution in [0.3, 0.4) is 0 Å². The van der Waals surface area contributed by atoms with Crippen molar-refractivity contribution in [2.45, 2.75) is 51.7 Å². The van der Waals surface area contributed by atoms with Gasteiger partial charge in [-0.25, -0.2) is 0 Å². The smallest absolute Gasteiger partial charge is 0.290 e. The SMILES string of the molecule is CCC(C)C(O)CNC(=O)C1CCCCN1C(=O)c1ccco1. The van der Waals surface area contributed by atoms with Gasteiger partial charge in [0.15, 0.2) is 5.76 Å². The zero-order valence-electron chi connectivity index (χ0n) is 13.8. The van der Waals surface area contributed by atoms with Crippen LogP contribution in [0.1, 0.15) is 50.1 Å². The quantitative estimate of drug-likeness (QED) is 0.836. The molecule has 1 saturated heterocycles. The minimum absolute atomic E-state index is 0.127. The van der Waals surface area contributed by atoms with Crippen LogP contribution in [0, 0.1) is 5.92 Å². The van der Waals surface area contributed by atoms with Gasteiger partial charge in [0.25, 0.3) is 5.91 Å². The highest BCUT2D eigenvalue weighted by molar-refractivity contribution is 5.95. The lowest BCUT2D eigenvalue weighted by atomic mass is 9.99. The number of piperidine rings is 1. The van der Waals surface area contributed by atoms with E-state index in [0.717, 1.165) is 19.3 Å². The van der Waals surface area contributed by atoms with Crippen molar-refractivity contribution in [3.8, 4) is 0 Å². The molecule has 1 aromatic heterocycles. The number of nitrogens with zero attached hydrogens (tertiary/aromatic N) is 1. The van der Waals surface area contributed by atoms with Crippen molar-refractivity contribution in [2.75, 3.05) is 13.1 Å². The molecule has 23 heavy (non-hydrogen) atoms. The predicted molar refractivity (Wildman–Crippen MR) is 85.9 cm³/mol. The number of hydrogen-bond donors (Lipinski definition) is 2. The second-order valence-corrected chi connectivity index (χ2v) is 6.19. The molecule has 2 amide bonds. The van der Waals surface area contributed by atoms with Crippen molar-refractivity contribution in [1.82, 2.24) is 10.2 Å². The van der Waals surface area contributed by atoms with Crippen LogP contribution in [0.15, 0.2) is 22.8 Å². The molecule has 0 radical (unpaired) electrons. The Bertz CT molecular complexity index is 515. The van der Waals surface area contributed by atoms with E-state index in [9.17, 15) is 14.7 Å². The maximum absolute atomic E-state index is 12.5. The lowest BCUT2D eigenvalue weighted by Gasteiger charge is -2.34. The fourth-order valence-electron chi connectivity index (χ4n) is 2.79. The van der Waals surface area contributed by atoms with Crippen molar-refractivity contribution in [3.63, 3.8) is 0 Å². The molecule has 3 unspecified atom stereocenters. The Balaban J connectivity index is 1.97. The summed E-state index contributed by atoms with van der Waals surface area (Å²) >= 11 is 0. The van der Waals surface area contributed by atoms with Crippen molar-refractivity contribution in [3.05, 3.63) is 24.2 Å². The van der Waals surface area contributed by atoms with E-state index in [2.05, 4.69) is 5.32 Å². The molecule has 0 saturated carbocycles. The Labute approximate surface area is 136 Å². The first kappa shape index (κ1) is 17.5. The third-order valence-corrected chi connectivity index (χ3v) is 4.58. The summed E-state index contributed by atoms with van der Waals surface area (Å²) < 4.78 is 5.16. The molecule has 1 fully saturated rings. The van der Waals surface area contributed by atoms with Crippen LogP contribution >= 0.6 is 0 Å². The summed E-state index contributed by atoms with van der Waals surface area (Å²) in [6.07, 6.45) is 4.16. The number of aliphatic hydroxyl groups is 1. The number of rotatable bonds is 6. The van der Waals surface area contributed by atoms with Gasteiger partial charge in [-0.3, -0.25) is 9.59 Å². The van der Waals surface area contributed by atoms with Crippen LogP contribution in [-0.2, 0) is 4.79 Å². The van der Waals surface area contributed by atoms with Crippen molar-refractivity contribution in [2.24, 2.45) is 5.92 Å². The predicted octanol–water partition coefficient (Wildman–Crippen LogP) is 1.80. The van der Waals surface area contributed by atoms with Gasteiger partial charge < -0.3 is 19.7 Å². The number of aliphatic hydroxyl groups excluding tert-OH is 1. The van der Waals surface area contributed by atoms with Gasteiger partial charge in [-0.2, -0.15) is 0 Å². The third kappa shape index (κ3) is 4.34. The van der Waals surface area contributed by atoms with Crippen LogP contribution in [0.5, 0.6) is 0 Å². The topological polar surface area (TPSA) is 82.8 Å². The molecule has 1 aliphatic rings. The van der Waals surface area contributed by atoms with Gasteiger partial charge in [0.05, 0.1) is 12.4 Å². The van der Waals surface area contributed by atoms with E-state index in [0.29, 0.717) is 13.0 Å². The highest BCUT2D eigenvalue weighted by Crippen LogP contribution is 2.20. The standard InChI is InChI=1S/C17H26N2O4/c1-3-12(2)14(20)11-18-16(21)13-7-4-5-9-19(13)17(22)15-8-6-10-23-15/h6,8,10,12-14,20H,3-5,7,9,11H2,1-2H3,(H,18,21). The van der Waals surface area contributed by atoms with E-state index < -0.39 is 12.1 Å². The maximum Gasteiger partial charge on any atom is 0.290 e. The molecular formula is C17H26N2O4. The molecule has 128 valence electrons. The van der Waals surface area contributed by atoms with Crippen LogP contribution in [0.2, 0.25) is 0 Å². The number of carbonyl (C=O) groups is 2. The summed E-state index contributed by atoms with van der Waals surface area (Å²) in [5.74, 6) is -0.0730. The van der Waals surface area contributed by atoms with Gasteiger partial charge in [-0.05, 0) is 37.3 Å². The largest absolute Gasteiger partial charge is 0.459 e. The number of carbonyl (C=O) groups excluding carboxylic acids is 2. The average Bonchev–Trinajstić information content (AvgIpc) is 3.12. The number of nitrogens with one attached hydrogen (secondary N) is 1. The number of likely N-dealkylation sites (tertiary alicyclic amines) is 1. The van der Waals surface area contributed by atoms with Gasteiger partial charge in [-0.1, -0.05) is 20.3 Å². The molecule has 6 heteroatoms. The fourth-order valence-corrected chi connectivity index (χ4v) is 2.79. The van der Waals surface area contributed by atoms with E-state index in [1.165, 1.54) is 6.26 Å². The molecule has 0 aliphatic carbocycles. The van der Waals surface area contributed by atoms with Crippen molar-refractivity contribution >= 4 is 11.8 Å². The highest BCUT2D eigenvalue weighted by atomic mass is 16.3.